The van der Waals surface area contributed by atoms with Crippen LogP contribution in [0.3, 0.4) is 0 Å². The van der Waals surface area contributed by atoms with Crippen molar-refractivity contribution < 1.29 is 14.4 Å². The maximum atomic E-state index is 10.0. The number of carbonyl (C=O) groups excluding carboxylic acids is 1. The van der Waals surface area contributed by atoms with Crippen LogP contribution in [-0.2, 0) is 4.79 Å². The molecule has 0 aliphatic rings. The highest BCUT2D eigenvalue weighted by Gasteiger charge is 2.10. The monoisotopic (exact) mass is 131 g/mol. The maximum Gasteiger partial charge on any atom is 0.119 e. The third-order valence-electron chi connectivity index (χ3n) is 1.41. The molecular formula is C6H13NO2. The number of aliphatic carboxylic acids is 1. The molecular weight excluding hydrogens is 118 g/mol. The molecule has 3 heteroatoms. The van der Waals surface area contributed by atoms with Crippen molar-refractivity contribution in [2.24, 2.45) is 0 Å². The van der Waals surface area contributed by atoms with Gasteiger partial charge in [-0.2, -0.15) is 0 Å². The van der Waals surface area contributed by atoms with Gasteiger partial charge in [0.1, 0.15) is 6.54 Å². The fourth-order valence-corrected chi connectivity index (χ4v) is 0.461. The molecule has 0 fully saturated rings. The van der Waals surface area contributed by atoms with Crippen LogP contribution in [0.5, 0.6) is 0 Å². The van der Waals surface area contributed by atoms with E-state index in [1.54, 1.807) is 0 Å². The molecule has 3 nitrogen and oxygen atoms in total. The lowest BCUT2D eigenvalue weighted by molar-refractivity contribution is -0.882. The Balaban J connectivity index is 3.71. The fourth-order valence-electron chi connectivity index (χ4n) is 0.461. The summed E-state index contributed by atoms with van der Waals surface area (Å²) in [5.41, 5.74) is 0. The van der Waals surface area contributed by atoms with Crippen LogP contribution in [0.2, 0.25) is 0 Å². The Morgan fingerprint density at radius 3 is 2.11 bits per heavy atom. The van der Waals surface area contributed by atoms with Crippen LogP contribution in [0.25, 0.3) is 0 Å². The number of quaternary nitrogens is 1. The van der Waals surface area contributed by atoms with Crippen molar-refractivity contribution in [2.45, 2.75) is 6.92 Å². The van der Waals surface area contributed by atoms with Gasteiger partial charge in [-0.25, -0.2) is 0 Å². The van der Waals surface area contributed by atoms with E-state index in [0.717, 1.165) is 6.54 Å². The molecule has 0 saturated carbocycles. The molecule has 0 radical (unpaired) electrons. The number of hydrogen-bond acceptors (Lipinski definition) is 2. The highest BCUT2D eigenvalue weighted by Crippen LogP contribution is 1.92. The van der Waals surface area contributed by atoms with Crippen molar-refractivity contribution in [3.63, 3.8) is 0 Å². The molecule has 0 unspecified atom stereocenters. The minimum Gasteiger partial charge on any atom is -0.544 e. The molecule has 0 aromatic heterocycles. The van der Waals surface area contributed by atoms with Crippen molar-refractivity contribution in [2.75, 3.05) is 27.2 Å². The SMILES string of the molecule is CC[N+](C)(C)CC(=O)[O-]. The van der Waals surface area contributed by atoms with E-state index >= 15 is 0 Å². The standard InChI is InChI=1S/C6H13NO2/c1-4-7(2,3)5-6(8)9/h4-5H2,1-3H3. The van der Waals surface area contributed by atoms with Crippen molar-refractivity contribution in [3.8, 4) is 0 Å². The molecule has 0 aliphatic heterocycles. The number of carboxylic acid groups (broad SMARTS) is 1. The molecule has 0 heterocycles. The quantitative estimate of drug-likeness (QED) is 0.453. The number of nitrogens with zero attached hydrogens (tertiary/aromatic N) is 1. The van der Waals surface area contributed by atoms with Gasteiger partial charge in [0.2, 0.25) is 0 Å². The van der Waals surface area contributed by atoms with Crippen LogP contribution in [0.15, 0.2) is 0 Å². The average molecular weight is 131 g/mol. The number of likely N-dealkylation sites (N-methyl/N-ethyl adjacent to an activating group) is 1. The molecule has 54 valence electrons. The summed E-state index contributed by atoms with van der Waals surface area (Å²) in [6.45, 7) is 2.85. The van der Waals surface area contributed by atoms with Gasteiger partial charge in [-0.05, 0) is 6.92 Å². The third kappa shape index (κ3) is 3.97. The van der Waals surface area contributed by atoms with E-state index in [2.05, 4.69) is 0 Å². The molecule has 0 aromatic rings. The molecule has 0 amide bonds. The largest absolute Gasteiger partial charge is 0.544 e. The van der Waals surface area contributed by atoms with Gasteiger partial charge in [-0.3, -0.25) is 0 Å². The van der Waals surface area contributed by atoms with Crippen molar-refractivity contribution >= 4 is 5.97 Å². The van der Waals surface area contributed by atoms with Crippen molar-refractivity contribution in [3.05, 3.63) is 0 Å². The molecule has 0 N–H and O–H groups in total. The van der Waals surface area contributed by atoms with Gasteiger partial charge in [0.15, 0.2) is 0 Å². The first-order valence-electron chi connectivity index (χ1n) is 3.00. The number of carboxylic acids is 1. The number of rotatable bonds is 3. The molecule has 9 heavy (non-hydrogen) atoms. The average Bonchev–Trinajstić information content (AvgIpc) is 1.63. The Bertz CT molecular complexity index is 110. The first-order chi connectivity index (χ1) is 3.98. The third-order valence-corrected chi connectivity index (χ3v) is 1.41. The summed E-state index contributed by atoms with van der Waals surface area (Å²) < 4.78 is 0.488. The van der Waals surface area contributed by atoms with Gasteiger partial charge < -0.3 is 14.4 Å². The zero-order chi connectivity index (χ0) is 7.49. The summed E-state index contributed by atoms with van der Waals surface area (Å²) >= 11 is 0. The van der Waals surface area contributed by atoms with Gasteiger partial charge in [0.25, 0.3) is 0 Å². The van der Waals surface area contributed by atoms with E-state index in [1.807, 2.05) is 21.0 Å². The minimum absolute atomic E-state index is 0.0938. The van der Waals surface area contributed by atoms with Crippen molar-refractivity contribution in [1.29, 1.82) is 0 Å². The van der Waals surface area contributed by atoms with Crippen LogP contribution in [0.4, 0.5) is 0 Å². The Kier molecular flexibility index (Phi) is 2.65. The smallest absolute Gasteiger partial charge is 0.119 e. The van der Waals surface area contributed by atoms with E-state index < -0.39 is 5.97 Å². The highest BCUT2D eigenvalue weighted by molar-refractivity contribution is 5.65. The Labute approximate surface area is 55.5 Å². The van der Waals surface area contributed by atoms with E-state index in [4.69, 9.17) is 0 Å². The number of hydrogen-bond donors (Lipinski definition) is 0. The molecule has 0 atom stereocenters. The van der Waals surface area contributed by atoms with Crippen LogP contribution in [0, 0.1) is 0 Å². The predicted molar refractivity (Wildman–Crippen MR) is 32.5 cm³/mol. The van der Waals surface area contributed by atoms with Crippen LogP contribution >= 0.6 is 0 Å². The molecule has 0 aliphatic carbocycles. The van der Waals surface area contributed by atoms with Gasteiger partial charge in [0.05, 0.1) is 26.6 Å². The summed E-state index contributed by atoms with van der Waals surface area (Å²) in [5, 5.41) is 10.0. The topological polar surface area (TPSA) is 40.1 Å². The lowest BCUT2D eigenvalue weighted by Crippen LogP contribution is -2.47. The van der Waals surface area contributed by atoms with E-state index in [9.17, 15) is 9.90 Å². The second-order valence-electron chi connectivity index (χ2n) is 2.78. The second kappa shape index (κ2) is 2.82. The maximum absolute atomic E-state index is 10.0. The van der Waals surface area contributed by atoms with E-state index in [-0.39, 0.29) is 6.54 Å². The summed E-state index contributed by atoms with van der Waals surface area (Å²) in [5.74, 6) is -0.984. The van der Waals surface area contributed by atoms with Crippen LogP contribution < -0.4 is 5.11 Å². The first-order valence-corrected chi connectivity index (χ1v) is 3.00. The Morgan fingerprint density at radius 1 is 1.56 bits per heavy atom. The lowest BCUT2D eigenvalue weighted by Gasteiger charge is -2.28. The summed E-state index contributed by atoms with van der Waals surface area (Å²) in [6.07, 6.45) is 0. The van der Waals surface area contributed by atoms with Gasteiger partial charge in [-0.15, -0.1) is 0 Å². The first kappa shape index (κ1) is 8.43. The molecule has 0 spiro atoms. The Morgan fingerprint density at radius 2 is 2.00 bits per heavy atom. The lowest BCUT2D eigenvalue weighted by atomic mass is 10.4. The van der Waals surface area contributed by atoms with Crippen LogP contribution in [-0.4, -0.2) is 37.6 Å². The van der Waals surface area contributed by atoms with Gasteiger partial charge in [0, 0.05) is 0 Å². The molecule has 0 aromatic carbocycles. The van der Waals surface area contributed by atoms with Crippen molar-refractivity contribution in [1.82, 2.24) is 0 Å². The highest BCUT2D eigenvalue weighted by atomic mass is 16.4. The van der Waals surface area contributed by atoms with Gasteiger partial charge in [-0.1, -0.05) is 0 Å². The predicted octanol–water partition coefficient (Wildman–Crippen LogP) is -1.17. The molecule has 0 saturated heterocycles. The molecule has 0 bridgehead atoms. The zero-order valence-corrected chi connectivity index (χ0v) is 6.18. The van der Waals surface area contributed by atoms with Gasteiger partial charge >= 0.3 is 0 Å². The summed E-state index contributed by atoms with van der Waals surface area (Å²) in [4.78, 5) is 10.0. The summed E-state index contributed by atoms with van der Waals surface area (Å²) in [7, 11) is 3.71. The Hall–Kier alpha value is -0.570. The fraction of sp³-hybridized carbons (Fsp3) is 0.833. The van der Waals surface area contributed by atoms with Crippen LogP contribution in [0.1, 0.15) is 6.92 Å². The molecule has 0 rings (SSSR count). The van der Waals surface area contributed by atoms with E-state index in [0.29, 0.717) is 4.48 Å². The second-order valence-corrected chi connectivity index (χ2v) is 2.78. The van der Waals surface area contributed by atoms with E-state index in [1.165, 1.54) is 0 Å². The minimum atomic E-state index is -0.984. The normalized spacial score (nSPS) is 11.4. The number of carbonyl (C=O) groups is 1. The summed E-state index contributed by atoms with van der Waals surface area (Å²) in [6, 6.07) is 0. The zero-order valence-electron chi connectivity index (χ0n) is 6.18.